The van der Waals surface area contributed by atoms with Crippen molar-refractivity contribution in [3.8, 4) is 0 Å². The molecule has 0 saturated heterocycles. The summed E-state index contributed by atoms with van der Waals surface area (Å²) >= 11 is 0. The van der Waals surface area contributed by atoms with Crippen LogP contribution in [0.15, 0.2) is 18.2 Å². The van der Waals surface area contributed by atoms with Gasteiger partial charge in [-0.05, 0) is 24.6 Å². The molecule has 5 nitrogen and oxygen atoms in total. The van der Waals surface area contributed by atoms with Crippen molar-refractivity contribution in [3.63, 3.8) is 0 Å². The zero-order valence-electron chi connectivity index (χ0n) is 11.6. The number of ether oxygens (including phenoxy) is 2. The summed E-state index contributed by atoms with van der Waals surface area (Å²) in [5.74, 6) is -0.373. The van der Waals surface area contributed by atoms with E-state index in [9.17, 15) is 4.79 Å². The van der Waals surface area contributed by atoms with Crippen molar-refractivity contribution in [2.45, 2.75) is 19.8 Å². The highest BCUT2D eigenvalue weighted by Gasteiger charge is 2.07. The Morgan fingerprint density at radius 3 is 2.84 bits per heavy atom. The Morgan fingerprint density at radius 2 is 2.16 bits per heavy atom. The minimum atomic E-state index is -0.373. The van der Waals surface area contributed by atoms with E-state index in [0.29, 0.717) is 24.4 Å². The molecule has 5 heteroatoms. The number of nitrogens with one attached hydrogen (secondary N) is 1. The second-order valence-corrected chi connectivity index (χ2v) is 4.19. The maximum atomic E-state index is 11.4. The topological polar surface area (TPSA) is 73.6 Å². The highest BCUT2D eigenvalue weighted by Crippen LogP contribution is 2.20. The van der Waals surface area contributed by atoms with Crippen LogP contribution < -0.4 is 11.1 Å². The second kappa shape index (κ2) is 8.37. The standard InChI is InChI=1S/C14H22N2O3/c1-3-4-8-19-9-7-16-13-10-11(14(17)18-2)5-6-12(13)15/h5-6,10,16H,3-4,7-9,15H2,1-2H3. The average Bonchev–Trinajstić information content (AvgIpc) is 2.43. The van der Waals surface area contributed by atoms with Crippen LogP contribution in [0.3, 0.4) is 0 Å². The first-order valence-electron chi connectivity index (χ1n) is 6.48. The van der Waals surface area contributed by atoms with Crippen LogP contribution in [0.25, 0.3) is 0 Å². The summed E-state index contributed by atoms with van der Waals surface area (Å²) < 4.78 is 10.1. The highest BCUT2D eigenvalue weighted by atomic mass is 16.5. The fourth-order valence-electron chi connectivity index (χ4n) is 1.56. The van der Waals surface area contributed by atoms with Gasteiger partial charge >= 0.3 is 5.97 Å². The van der Waals surface area contributed by atoms with Crippen molar-refractivity contribution < 1.29 is 14.3 Å². The van der Waals surface area contributed by atoms with Gasteiger partial charge in [-0.15, -0.1) is 0 Å². The molecular weight excluding hydrogens is 244 g/mol. The first-order valence-corrected chi connectivity index (χ1v) is 6.48. The number of methoxy groups -OCH3 is 1. The third kappa shape index (κ3) is 5.18. The third-order valence-corrected chi connectivity index (χ3v) is 2.68. The molecule has 0 radical (unpaired) electrons. The fourth-order valence-corrected chi connectivity index (χ4v) is 1.56. The molecule has 0 heterocycles. The Balaban J connectivity index is 2.46. The van der Waals surface area contributed by atoms with Gasteiger partial charge in [0, 0.05) is 13.2 Å². The molecule has 106 valence electrons. The predicted molar refractivity (Wildman–Crippen MR) is 76.4 cm³/mol. The predicted octanol–water partition coefficient (Wildman–Crippen LogP) is 2.28. The van der Waals surface area contributed by atoms with Gasteiger partial charge in [0.2, 0.25) is 0 Å². The van der Waals surface area contributed by atoms with Crippen LogP contribution in [0, 0.1) is 0 Å². The SMILES string of the molecule is CCCCOCCNc1cc(C(=O)OC)ccc1N. The molecule has 0 unspecified atom stereocenters. The smallest absolute Gasteiger partial charge is 0.337 e. The molecule has 19 heavy (non-hydrogen) atoms. The lowest BCUT2D eigenvalue weighted by Crippen LogP contribution is -2.12. The summed E-state index contributed by atoms with van der Waals surface area (Å²) in [5.41, 5.74) is 7.64. The van der Waals surface area contributed by atoms with E-state index in [-0.39, 0.29) is 5.97 Å². The van der Waals surface area contributed by atoms with Gasteiger partial charge in [-0.2, -0.15) is 0 Å². The number of esters is 1. The molecule has 0 aliphatic heterocycles. The van der Waals surface area contributed by atoms with Crippen molar-refractivity contribution >= 4 is 17.3 Å². The maximum absolute atomic E-state index is 11.4. The number of hydrogen-bond donors (Lipinski definition) is 2. The molecule has 0 aromatic heterocycles. The molecule has 0 fully saturated rings. The Hall–Kier alpha value is -1.75. The molecule has 0 bridgehead atoms. The van der Waals surface area contributed by atoms with Gasteiger partial charge in [0.25, 0.3) is 0 Å². The van der Waals surface area contributed by atoms with Crippen molar-refractivity contribution in [2.75, 3.05) is 37.9 Å². The molecule has 1 aromatic rings. The first kappa shape index (κ1) is 15.3. The number of benzene rings is 1. The number of anilines is 2. The monoisotopic (exact) mass is 266 g/mol. The molecule has 0 aliphatic carbocycles. The number of rotatable bonds is 8. The molecule has 1 aromatic carbocycles. The van der Waals surface area contributed by atoms with Crippen LogP contribution in [-0.4, -0.2) is 32.8 Å². The van der Waals surface area contributed by atoms with E-state index in [0.717, 1.165) is 25.1 Å². The molecule has 0 saturated carbocycles. The second-order valence-electron chi connectivity index (χ2n) is 4.19. The van der Waals surface area contributed by atoms with E-state index >= 15 is 0 Å². The number of nitrogens with two attached hydrogens (primary N) is 1. The van der Waals surface area contributed by atoms with E-state index in [1.54, 1.807) is 18.2 Å². The lowest BCUT2D eigenvalue weighted by molar-refractivity contribution is 0.0601. The normalized spacial score (nSPS) is 10.2. The largest absolute Gasteiger partial charge is 0.465 e. The van der Waals surface area contributed by atoms with Crippen molar-refractivity contribution in [2.24, 2.45) is 0 Å². The average molecular weight is 266 g/mol. The van der Waals surface area contributed by atoms with Gasteiger partial charge < -0.3 is 20.5 Å². The van der Waals surface area contributed by atoms with Gasteiger partial charge in [0.05, 0.1) is 30.7 Å². The summed E-state index contributed by atoms with van der Waals surface area (Å²) in [4.78, 5) is 11.4. The summed E-state index contributed by atoms with van der Waals surface area (Å²) in [6.45, 7) is 4.16. The number of hydrogen-bond acceptors (Lipinski definition) is 5. The Bertz CT molecular complexity index is 408. The van der Waals surface area contributed by atoms with Crippen molar-refractivity contribution in [1.82, 2.24) is 0 Å². The molecule has 3 N–H and O–H groups in total. The van der Waals surface area contributed by atoms with Crippen LogP contribution >= 0.6 is 0 Å². The number of carbonyl (C=O) groups is 1. The maximum Gasteiger partial charge on any atom is 0.337 e. The van der Waals surface area contributed by atoms with Crippen LogP contribution in [-0.2, 0) is 9.47 Å². The van der Waals surface area contributed by atoms with E-state index in [2.05, 4.69) is 17.0 Å². The molecule has 0 aliphatic rings. The van der Waals surface area contributed by atoms with Gasteiger partial charge in [-0.25, -0.2) is 4.79 Å². The van der Waals surface area contributed by atoms with Gasteiger partial charge in [0.1, 0.15) is 0 Å². The molecule has 1 rings (SSSR count). The van der Waals surface area contributed by atoms with Crippen molar-refractivity contribution in [3.05, 3.63) is 23.8 Å². The Labute approximate surface area is 114 Å². The van der Waals surface area contributed by atoms with Crippen LogP contribution in [0.2, 0.25) is 0 Å². The first-order chi connectivity index (χ1) is 9.19. The molecule has 0 amide bonds. The molecular formula is C14H22N2O3. The quantitative estimate of drug-likeness (QED) is 0.429. The lowest BCUT2D eigenvalue weighted by Gasteiger charge is -2.11. The summed E-state index contributed by atoms with van der Waals surface area (Å²) in [5, 5.41) is 3.15. The minimum Gasteiger partial charge on any atom is -0.465 e. The number of carbonyl (C=O) groups excluding carboxylic acids is 1. The van der Waals surface area contributed by atoms with E-state index in [1.165, 1.54) is 7.11 Å². The zero-order chi connectivity index (χ0) is 14.1. The number of unbranched alkanes of at least 4 members (excludes halogenated alkanes) is 1. The zero-order valence-corrected chi connectivity index (χ0v) is 11.6. The lowest BCUT2D eigenvalue weighted by atomic mass is 10.1. The van der Waals surface area contributed by atoms with Gasteiger partial charge in [-0.1, -0.05) is 13.3 Å². The minimum absolute atomic E-state index is 0.373. The Morgan fingerprint density at radius 1 is 1.37 bits per heavy atom. The van der Waals surface area contributed by atoms with Gasteiger partial charge in [-0.3, -0.25) is 0 Å². The summed E-state index contributed by atoms with van der Waals surface area (Å²) in [6, 6.07) is 5.02. The highest BCUT2D eigenvalue weighted by molar-refractivity contribution is 5.91. The van der Waals surface area contributed by atoms with Crippen molar-refractivity contribution in [1.29, 1.82) is 0 Å². The van der Waals surface area contributed by atoms with E-state index in [4.69, 9.17) is 10.5 Å². The van der Waals surface area contributed by atoms with E-state index in [1.807, 2.05) is 0 Å². The number of nitrogen functional groups attached to an aromatic ring is 1. The molecule has 0 atom stereocenters. The summed E-state index contributed by atoms with van der Waals surface area (Å²) in [7, 11) is 1.35. The van der Waals surface area contributed by atoms with Crippen LogP contribution in [0.1, 0.15) is 30.1 Å². The fraction of sp³-hybridized carbons (Fsp3) is 0.500. The van der Waals surface area contributed by atoms with E-state index < -0.39 is 0 Å². The van der Waals surface area contributed by atoms with Crippen LogP contribution in [0.4, 0.5) is 11.4 Å². The molecule has 0 spiro atoms. The van der Waals surface area contributed by atoms with Crippen LogP contribution in [0.5, 0.6) is 0 Å². The summed E-state index contributed by atoms with van der Waals surface area (Å²) in [6.07, 6.45) is 2.20. The third-order valence-electron chi connectivity index (χ3n) is 2.68. The Kier molecular flexibility index (Phi) is 6.74. The van der Waals surface area contributed by atoms with Gasteiger partial charge in [0.15, 0.2) is 0 Å².